The Morgan fingerprint density at radius 2 is 2.00 bits per heavy atom. The fourth-order valence-corrected chi connectivity index (χ4v) is 3.88. The lowest BCUT2D eigenvalue weighted by atomic mass is 10.1. The van der Waals surface area contributed by atoms with Crippen molar-refractivity contribution in [3.05, 3.63) is 64.0 Å². The second kappa shape index (κ2) is 7.00. The Morgan fingerprint density at radius 1 is 1.27 bits per heavy atom. The topological polar surface area (TPSA) is 89.8 Å². The number of hydrogen-bond donors (Lipinski definition) is 0. The van der Waals surface area contributed by atoms with E-state index >= 15 is 0 Å². The third-order valence-corrected chi connectivity index (χ3v) is 5.34. The van der Waals surface area contributed by atoms with E-state index in [0.29, 0.717) is 17.8 Å². The van der Waals surface area contributed by atoms with Crippen molar-refractivity contribution in [3.63, 3.8) is 0 Å². The van der Waals surface area contributed by atoms with Crippen LogP contribution in [0, 0.1) is 15.9 Å². The van der Waals surface area contributed by atoms with Gasteiger partial charge in [0.1, 0.15) is 11.9 Å². The van der Waals surface area contributed by atoms with Crippen molar-refractivity contribution in [2.45, 2.75) is 11.0 Å². The Kier molecular flexibility index (Phi) is 4.92. The summed E-state index contributed by atoms with van der Waals surface area (Å²) in [6.07, 6.45) is 0.442. The number of nitro groups is 1. The largest absolute Gasteiger partial charge is 0.370 e. The van der Waals surface area contributed by atoms with Crippen LogP contribution in [-0.2, 0) is 14.6 Å². The second-order valence-electron chi connectivity index (χ2n) is 6.01. The summed E-state index contributed by atoms with van der Waals surface area (Å²) in [7, 11) is -3.69. The molecule has 1 atom stereocenters. The number of anilines is 1. The average Bonchev–Trinajstić information content (AvgIpc) is 2.61. The molecule has 138 valence electrons. The first-order valence-corrected chi connectivity index (χ1v) is 9.76. The predicted molar refractivity (Wildman–Crippen MR) is 93.5 cm³/mol. The van der Waals surface area contributed by atoms with Crippen LogP contribution in [0.25, 0.3) is 0 Å². The molecule has 7 nitrogen and oxygen atoms in total. The molecular weight excluding hydrogens is 363 g/mol. The van der Waals surface area contributed by atoms with Crippen molar-refractivity contribution in [1.82, 2.24) is 0 Å². The van der Waals surface area contributed by atoms with E-state index in [1.54, 1.807) is 23.1 Å². The zero-order valence-corrected chi connectivity index (χ0v) is 14.8. The van der Waals surface area contributed by atoms with Gasteiger partial charge in [-0.25, -0.2) is 12.8 Å². The molecule has 1 aliphatic rings. The SMILES string of the molecule is CS(=O)(=O)c1cc([N+](=O)[O-])ccc1N1CCOC(c2ccccc2F)C1. The minimum Gasteiger partial charge on any atom is -0.370 e. The number of rotatable bonds is 4. The van der Waals surface area contributed by atoms with Gasteiger partial charge in [-0.05, 0) is 12.1 Å². The van der Waals surface area contributed by atoms with Gasteiger partial charge in [0.15, 0.2) is 9.84 Å². The number of halogens is 1. The van der Waals surface area contributed by atoms with E-state index in [1.807, 2.05) is 0 Å². The quantitative estimate of drug-likeness (QED) is 0.598. The Hall–Kier alpha value is -2.52. The zero-order chi connectivity index (χ0) is 18.9. The highest BCUT2D eigenvalue weighted by Crippen LogP contribution is 2.33. The lowest BCUT2D eigenvalue weighted by molar-refractivity contribution is -0.385. The van der Waals surface area contributed by atoms with E-state index in [0.717, 1.165) is 12.3 Å². The van der Waals surface area contributed by atoms with Gasteiger partial charge in [0, 0.05) is 37.0 Å². The molecule has 0 aromatic heterocycles. The van der Waals surface area contributed by atoms with Gasteiger partial charge in [-0.2, -0.15) is 0 Å². The molecule has 1 fully saturated rings. The molecule has 2 aromatic carbocycles. The molecule has 0 N–H and O–H groups in total. The highest BCUT2D eigenvalue weighted by Gasteiger charge is 2.28. The molecule has 0 radical (unpaired) electrons. The minimum absolute atomic E-state index is 0.124. The summed E-state index contributed by atoms with van der Waals surface area (Å²) in [5, 5.41) is 11.0. The number of hydrogen-bond acceptors (Lipinski definition) is 6. The van der Waals surface area contributed by atoms with E-state index in [2.05, 4.69) is 0 Å². The molecule has 3 rings (SSSR count). The van der Waals surface area contributed by atoms with E-state index in [4.69, 9.17) is 4.74 Å². The van der Waals surface area contributed by atoms with Gasteiger partial charge < -0.3 is 9.64 Å². The summed E-state index contributed by atoms with van der Waals surface area (Å²) in [6, 6.07) is 9.97. The van der Waals surface area contributed by atoms with Crippen LogP contribution in [0.2, 0.25) is 0 Å². The molecule has 0 aliphatic carbocycles. The minimum atomic E-state index is -3.69. The maximum Gasteiger partial charge on any atom is 0.270 e. The molecule has 0 amide bonds. The van der Waals surface area contributed by atoms with Crippen LogP contribution < -0.4 is 4.90 Å². The molecule has 9 heteroatoms. The molecule has 1 saturated heterocycles. The molecule has 1 aliphatic heterocycles. The summed E-state index contributed by atoms with van der Waals surface area (Å²) in [6.45, 7) is 0.908. The maximum atomic E-state index is 14.0. The number of morpholine rings is 1. The Balaban J connectivity index is 1.98. The van der Waals surface area contributed by atoms with Crippen molar-refractivity contribution in [2.24, 2.45) is 0 Å². The maximum absolute atomic E-state index is 14.0. The molecule has 1 heterocycles. The second-order valence-corrected chi connectivity index (χ2v) is 7.99. The van der Waals surface area contributed by atoms with Gasteiger partial charge in [-0.1, -0.05) is 18.2 Å². The number of non-ortho nitro benzene ring substituents is 1. The van der Waals surface area contributed by atoms with Gasteiger partial charge in [0.25, 0.3) is 5.69 Å². The van der Waals surface area contributed by atoms with Crippen molar-refractivity contribution in [2.75, 3.05) is 30.9 Å². The van der Waals surface area contributed by atoms with Crippen LogP contribution in [0.15, 0.2) is 47.4 Å². The zero-order valence-electron chi connectivity index (χ0n) is 14.0. The van der Waals surface area contributed by atoms with Crippen molar-refractivity contribution in [1.29, 1.82) is 0 Å². The molecule has 0 bridgehead atoms. The normalized spacial score (nSPS) is 17.9. The highest BCUT2D eigenvalue weighted by molar-refractivity contribution is 7.90. The first kappa shape index (κ1) is 18.3. The van der Waals surface area contributed by atoms with Crippen molar-refractivity contribution < 1.29 is 22.5 Å². The number of nitro benzene ring substituents is 1. The molecule has 1 unspecified atom stereocenters. The van der Waals surface area contributed by atoms with Gasteiger partial charge in [-0.15, -0.1) is 0 Å². The van der Waals surface area contributed by atoms with Crippen LogP contribution >= 0.6 is 0 Å². The van der Waals surface area contributed by atoms with Crippen molar-refractivity contribution >= 4 is 21.2 Å². The summed E-state index contributed by atoms with van der Waals surface area (Å²) in [5.74, 6) is -0.397. The standard InChI is InChI=1S/C17H17FN2O5S/c1-26(23,24)17-10-12(20(21)22)6-7-15(17)19-8-9-25-16(11-19)13-4-2-3-5-14(13)18/h2-7,10,16H,8-9,11H2,1H3. The molecule has 2 aromatic rings. The predicted octanol–water partition coefficient (Wildman–Crippen LogP) is 2.72. The molecule has 26 heavy (non-hydrogen) atoms. The van der Waals surface area contributed by atoms with Gasteiger partial charge >= 0.3 is 0 Å². The van der Waals surface area contributed by atoms with Crippen LogP contribution in [0.3, 0.4) is 0 Å². The van der Waals surface area contributed by atoms with Crippen LogP contribution in [-0.4, -0.2) is 39.3 Å². The number of benzene rings is 2. The van der Waals surface area contributed by atoms with E-state index in [9.17, 15) is 22.9 Å². The lowest BCUT2D eigenvalue weighted by Crippen LogP contribution is -2.39. The number of ether oxygens (including phenoxy) is 1. The first-order chi connectivity index (χ1) is 12.3. The Morgan fingerprint density at radius 3 is 2.65 bits per heavy atom. The highest BCUT2D eigenvalue weighted by atomic mass is 32.2. The smallest absolute Gasteiger partial charge is 0.270 e. The van der Waals surface area contributed by atoms with E-state index in [-0.39, 0.29) is 23.7 Å². The average molecular weight is 380 g/mol. The van der Waals surface area contributed by atoms with E-state index in [1.165, 1.54) is 18.2 Å². The fourth-order valence-electron chi connectivity index (χ4n) is 2.97. The number of sulfone groups is 1. The third kappa shape index (κ3) is 3.68. The Bertz CT molecular complexity index is 948. The fraction of sp³-hybridized carbons (Fsp3) is 0.294. The monoisotopic (exact) mass is 380 g/mol. The first-order valence-electron chi connectivity index (χ1n) is 7.87. The molecule has 0 spiro atoms. The molecular formula is C17H17FN2O5S. The summed E-state index contributed by atoms with van der Waals surface area (Å²) in [4.78, 5) is 12.0. The summed E-state index contributed by atoms with van der Waals surface area (Å²) in [5.41, 5.74) is 0.441. The molecule has 0 saturated carbocycles. The third-order valence-electron chi connectivity index (χ3n) is 4.21. The van der Waals surface area contributed by atoms with Gasteiger partial charge in [0.05, 0.1) is 22.1 Å². The van der Waals surface area contributed by atoms with E-state index < -0.39 is 26.7 Å². The summed E-state index contributed by atoms with van der Waals surface area (Å²) >= 11 is 0. The van der Waals surface area contributed by atoms with Crippen molar-refractivity contribution in [3.8, 4) is 0 Å². The summed E-state index contributed by atoms with van der Waals surface area (Å²) < 4.78 is 44.0. The number of nitrogens with zero attached hydrogens (tertiary/aromatic N) is 2. The van der Waals surface area contributed by atoms with Crippen LogP contribution in [0.5, 0.6) is 0 Å². The lowest BCUT2D eigenvalue weighted by Gasteiger charge is -2.35. The van der Waals surface area contributed by atoms with Crippen LogP contribution in [0.4, 0.5) is 15.8 Å². The van der Waals surface area contributed by atoms with Gasteiger partial charge in [-0.3, -0.25) is 10.1 Å². The van der Waals surface area contributed by atoms with Gasteiger partial charge in [0.2, 0.25) is 0 Å². The Labute approximate surface area is 150 Å². The van der Waals surface area contributed by atoms with Crippen LogP contribution in [0.1, 0.15) is 11.7 Å².